The lowest BCUT2D eigenvalue weighted by atomic mass is 10.1. The maximum absolute atomic E-state index is 12.8. The molecule has 1 amide bonds. The van der Waals surface area contributed by atoms with E-state index in [9.17, 15) is 22.8 Å². The monoisotopic (exact) mass is 413 g/mol. The van der Waals surface area contributed by atoms with Gasteiger partial charge in [-0.2, -0.15) is 17.5 Å². The molecule has 1 N–H and O–H groups in total. The Bertz CT molecular complexity index is 955. The van der Waals surface area contributed by atoms with Gasteiger partial charge in [0.15, 0.2) is 5.82 Å². The second kappa shape index (κ2) is 8.51. The third-order valence-corrected chi connectivity index (χ3v) is 4.34. The Hall–Kier alpha value is -2.75. The Balaban J connectivity index is 2.22. The molecule has 0 aliphatic heterocycles. The molecule has 2 rings (SSSR count). The van der Waals surface area contributed by atoms with Gasteiger partial charge in [-0.05, 0) is 39.8 Å². The van der Waals surface area contributed by atoms with Gasteiger partial charge in [-0.15, -0.1) is 0 Å². The van der Waals surface area contributed by atoms with Gasteiger partial charge in [0.2, 0.25) is 5.13 Å². The van der Waals surface area contributed by atoms with Crippen LogP contribution in [0.2, 0.25) is 0 Å². The molecule has 0 fully saturated rings. The number of amides is 1. The predicted octanol–water partition coefficient (Wildman–Crippen LogP) is 4.74. The van der Waals surface area contributed by atoms with Crippen LogP contribution in [0.4, 0.5) is 18.3 Å². The van der Waals surface area contributed by atoms with Crippen LogP contribution in [0.15, 0.2) is 28.2 Å². The Morgan fingerprint density at radius 3 is 2.57 bits per heavy atom. The Morgan fingerprint density at radius 1 is 1.32 bits per heavy atom. The average molecular weight is 413 g/mol. The molecule has 2 aromatic heterocycles. The van der Waals surface area contributed by atoms with Crippen LogP contribution in [0.25, 0.3) is 5.57 Å². The molecule has 2 heterocycles. The van der Waals surface area contributed by atoms with Gasteiger partial charge in [0.25, 0.3) is 5.91 Å². The number of carbonyl (C=O) groups is 2. The zero-order valence-electron chi connectivity index (χ0n) is 15.6. The van der Waals surface area contributed by atoms with Crippen molar-refractivity contribution in [1.82, 2.24) is 9.36 Å². The van der Waals surface area contributed by atoms with E-state index < -0.39 is 17.7 Å². The van der Waals surface area contributed by atoms with Gasteiger partial charge in [0.1, 0.15) is 17.3 Å². The highest BCUT2D eigenvalue weighted by atomic mass is 32.1. The number of furan rings is 1. The number of anilines is 1. The van der Waals surface area contributed by atoms with E-state index in [1.807, 2.05) is 0 Å². The first-order valence-corrected chi connectivity index (χ1v) is 8.94. The van der Waals surface area contributed by atoms with Gasteiger partial charge in [0, 0.05) is 22.7 Å². The minimum absolute atomic E-state index is 0.0663. The van der Waals surface area contributed by atoms with Crippen LogP contribution in [0.5, 0.6) is 0 Å². The molecule has 0 spiro atoms. The maximum atomic E-state index is 12.8. The van der Waals surface area contributed by atoms with Gasteiger partial charge < -0.3 is 4.42 Å². The number of hydrogen-bond acceptors (Lipinski definition) is 6. The molecule has 0 radical (unpaired) electrons. The molecule has 0 saturated carbocycles. The van der Waals surface area contributed by atoms with Crippen molar-refractivity contribution in [3.8, 4) is 0 Å². The van der Waals surface area contributed by atoms with E-state index in [1.54, 1.807) is 6.92 Å². The summed E-state index contributed by atoms with van der Waals surface area (Å²) in [5.74, 6) is 0.0557. The quantitative estimate of drug-likeness (QED) is 0.692. The summed E-state index contributed by atoms with van der Waals surface area (Å²) in [7, 11) is 0. The van der Waals surface area contributed by atoms with Crippen LogP contribution in [-0.2, 0) is 11.2 Å². The summed E-state index contributed by atoms with van der Waals surface area (Å²) in [6.07, 6.45) is -1.96. The van der Waals surface area contributed by atoms with E-state index in [4.69, 9.17) is 4.42 Å². The van der Waals surface area contributed by atoms with E-state index in [0.29, 0.717) is 5.82 Å². The number of allylic oxidation sites excluding steroid dienone is 4. The molecule has 0 unspecified atom stereocenters. The number of ketones is 1. The lowest BCUT2D eigenvalue weighted by molar-refractivity contribution is -0.116. The minimum Gasteiger partial charge on any atom is -0.461 e. The van der Waals surface area contributed by atoms with Crippen molar-refractivity contribution in [1.29, 1.82) is 0 Å². The van der Waals surface area contributed by atoms with Crippen LogP contribution in [0.3, 0.4) is 0 Å². The summed E-state index contributed by atoms with van der Waals surface area (Å²) in [6, 6.07) is 1.37. The summed E-state index contributed by atoms with van der Waals surface area (Å²) in [6.45, 7) is 5.47. The highest BCUT2D eigenvalue weighted by Gasteiger charge is 2.30. The zero-order chi connectivity index (χ0) is 21.1. The standard InChI is InChI=1S/C18H18F3N3O3S/c1-5-12(6-9(2)18(19,20)21)14-8-13(11(4)27-14)16(26)23-17-22-15(24-28-17)7-10(3)25/h5-6,8H,7H2,1-4H3,(H,22,23,24,26)/b9-6+,12-5+. The fourth-order valence-electron chi connectivity index (χ4n) is 2.23. The number of nitrogens with zero attached hydrogens (tertiary/aromatic N) is 2. The van der Waals surface area contributed by atoms with Gasteiger partial charge in [-0.1, -0.05) is 6.08 Å². The van der Waals surface area contributed by atoms with Crippen LogP contribution in [0, 0.1) is 6.92 Å². The van der Waals surface area contributed by atoms with E-state index in [-0.39, 0.29) is 40.0 Å². The Labute approximate surface area is 163 Å². The number of alkyl halides is 3. The molecule has 28 heavy (non-hydrogen) atoms. The van der Waals surface area contributed by atoms with Crippen molar-refractivity contribution < 1.29 is 27.2 Å². The molecule has 0 aliphatic rings. The summed E-state index contributed by atoms with van der Waals surface area (Å²) in [5.41, 5.74) is -0.417. The molecule has 150 valence electrons. The smallest absolute Gasteiger partial charge is 0.412 e. The molecular formula is C18H18F3N3O3S. The van der Waals surface area contributed by atoms with Gasteiger partial charge >= 0.3 is 6.18 Å². The summed E-state index contributed by atoms with van der Waals surface area (Å²) in [5, 5.41) is 2.76. The number of aryl methyl sites for hydroxylation is 1. The molecule has 2 aromatic rings. The number of Topliss-reactive ketones (excluding diaryl/α,β-unsaturated/α-hetero) is 1. The summed E-state index contributed by atoms with van der Waals surface area (Å²) in [4.78, 5) is 27.6. The first-order valence-electron chi connectivity index (χ1n) is 8.17. The number of hydrogen-bond donors (Lipinski definition) is 1. The molecule has 6 nitrogen and oxygen atoms in total. The van der Waals surface area contributed by atoms with Crippen molar-refractivity contribution in [3.63, 3.8) is 0 Å². The molecule has 0 bridgehead atoms. The number of carbonyl (C=O) groups excluding carboxylic acids is 2. The number of halogens is 3. The first-order chi connectivity index (χ1) is 13.0. The SMILES string of the molecule is C/C=C(\C=C(/C)C(F)(F)F)c1cc(C(=O)Nc2nc(CC(C)=O)ns2)c(C)o1. The van der Waals surface area contributed by atoms with Gasteiger partial charge in [0.05, 0.1) is 12.0 Å². The normalized spacial score (nSPS) is 13.0. The summed E-state index contributed by atoms with van der Waals surface area (Å²) < 4.78 is 47.8. The van der Waals surface area contributed by atoms with E-state index in [2.05, 4.69) is 14.7 Å². The number of aromatic nitrogens is 2. The molecule has 0 aromatic carbocycles. The molecule has 0 aliphatic carbocycles. The largest absolute Gasteiger partial charge is 0.461 e. The third kappa shape index (κ3) is 5.38. The van der Waals surface area contributed by atoms with Crippen LogP contribution < -0.4 is 5.32 Å². The van der Waals surface area contributed by atoms with E-state index in [1.165, 1.54) is 26.0 Å². The van der Waals surface area contributed by atoms with Crippen molar-refractivity contribution in [2.75, 3.05) is 5.32 Å². The minimum atomic E-state index is -4.45. The first kappa shape index (κ1) is 21.5. The van der Waals surface area contributed by atoms with Crippen molar-refractivity contribution >= 4 is 33.9 Å². The van der Waals surface area contributed by atoms with Crippen LogP contribution in [-0.4, -0.2) is 27.2 Å². The second-order valence-electron chi connectivity index (χ2n) is 6.00. The van der Waals surface area contributed by atoms with Gasteiger partial charge in [-0.25, -0.2) is 4.98 Å². The van der Waals surface area contributed by atoms with Crippen molar-refractivity contribution in [3.05, 3.63) is 46.7 Å². The van der Waals surface area contributed by atoms with Crippen LogP contribution in [0.1, 0.15) is 48.5 Å². The Morgan fingerprint density at radius 2 is 2.00 bits per heavy atom. The topological polar surface area (TPSA) is 85.1 Å². The lowest BCUT2D eigenvalue weighted by Crippen LogP contribution is -2.12. The zero-order valence-corrected chi connectivity index (χ0v) is 16.4. The van der Waals surface area contributed by atoms with E-state index >= 15 is 0 Å². The molecule has 0 saturated heterocycles. The molecule has 0 atom stereocenters. The fourth-order valence-corrected chi connectivity index (χ4v) is 2.81. The summed E-state index contributed by atoms with van der Waals surface area (Å²) >= 11 is 0.927. The van der Waals surface area contributed by atoms with Crippen molar-refractivity contribution in [2.24, 2.45) is 0 Å². The highest BCUT2D eigenvalue weighted by Crippen LogP contribution is 2.30. The fraction of sp³-hybridized carbons (Fsp3) is 0.333. The van der Waals surface area contributed by atoms with Crippen LogP contribution >= 0.6 is 11.5 Å². The van der Waals surface area contributed by atoms with Gasteiger partial charge in [-0.3, -0.25) is 14.9 Å². The predicted molar refractivity (Wildman–Crippen MR) is 99.2 cm³/mol. The maximum Gasteiger partial charge on any atom is 0.412 e. The number of rotatable bonds is 6. The highest BCUT2D eigenvalue weighted by molar-refractivity contribution is 7.09. The number of nitrogens with one attached hydrogen (secondary N) is 1. The Kier molecular flexibility index (Phi) is 6.55. The lowest BCUT2D eigenvalue weighted by Gasteiger charge is -2.07. The third-order valence-electron chi connectivity index (χ3n) is 3.67. The molecular weight excluding hydrogens is 395 g/mol. The molecule has 10 heteroatoms. The average Bonchev–Trinajstić information content (AvgIpc) is 3.17. The van der Waals surface area contributed by atoms with Crippen molar-refractivity contribution in [2.45, 2.75) is 40.3 Å². The van der Waals surface area contributed by atoms with E-state index in [0.717, 1.165) is 24.5 Å². The second-order valence-corrected chi connectivity index (χ2v) is 6.75.